The van der Waals surface area contributed by atoms with Crippen LogP contribution < -0.4 is 0 Å². The van der Waals surface area contributed by atoms with E-state index in [1.807, 2.05) is 0 Å². The lowest BCUT2D eigenvalue weighted by Crippen LogP contribution is -2.23. The Bertz CT molecular complexity index is 383. The van der Waals surface area contributed by atoms with Crippen LogP contribution >= 0.6 is 22.6 Å². The van der Waals surface area contributed by atoms with Crippen molar-refractivity contribution < 1.29 is 9.53 Å². The number of carbonyl (C=O) groups is 1. The number of hydrogen-bond donors (Lipinski definition) is 0. The van der Waals surface area contributed by atoms with E-state index in [2.05, 4.69) is 60.7 Å². The molecule has 0 radical (unpaired) electrons. The van der Waals surface area contributed by atoms with E-state index in [1.54, 1.807) is 0 Å². The molecule has 16 heavy (non-hydrogen) atoms. The molecular weight excluding hydrogens is 315 g/mol. The largest absolute Gasteiger partial charge is 0.461 e. The molecule has 1 aromatic rings. The van der Waals surface area contributed by atoms with Gasteiger partial charge in [0, 0.05) is 9.84 Å². The highest BCUT2D eigenvalue weighted by atomic mass is 127. The molecule has 1 heterocycles. The summed E-state index contributed by atoms with van der Waals surface area (Å²) in [6.07, 6.45) is 0.539. The van der Waals surface area contributed by atoms with Crippen molar-refractivity contribution in [3.63, 3.8) is 0 Å². The van der Waals surface area contributed by atoms with Gasteiger partial charge in [-0.3, -0.25) is 4.79 Å². The Morgan fingerprint density at radius 1 is 1.38 bits per heavy atom. The first-order valence-corrected chi connectivity index (χ1v) is 6.72. The van der Waals surface area contributed by atoms with E-state index in [4.69, 9.17) is 4.74 Å². The van der Waals surface area contributed by atoms with Crippen LogP contribution in [0.4, 0.5) is 0 Å². The molecule has 1 unspecified atom stereocenters. The third-order valence-corrected chi connectivity index (χ3v) is 3.72. The van der Waals surface area contributed by atoms with Crippen molar-refractivity contribution in [1.29, 1.82) is 0 Å². The predicted octanol–water partition coefficient (Wildman–Crippen LogP) is 3.22. The highest BCUT2D eigenvalue weighted by Gasteiger charge is 2.38. The zero-order valence-electron chi connectivity index (χ0n) is 9.44. The summed E-state index contributed by atoms with van der Waals surface area (Å²) in [6.45, 7) is 4.16. The van der Waals surface area contributed by atoms with E-state index in [0.29, 0.717) is 10.3 Å². The average molecular weight is 330 g/mol. The summed E-state index contributed by atoms with van der Waals surface area (Å²) in [5.41, 5.74) is 2.46. The normalized spacial score (nSPS) is 26.6. The minimum absolute atomic E-state index is 0.0239. The van der Waals surface area contributed by atoms with Gasteiger partial charge in [-0.05, 0) is 19.4 Å². The van der Waals surface area contributed by atoms with Crippen molar-refractivity contribution in [1.82, 2.24) is 0 Å². The van der Waals surface area contributed by atoms with Crippen LogP contribution in [0.15, 0.2) is 24.3 Å². The van der Waals surface area contributed by atoms with E-state index >= 15 is 0 Å². The number of hydrogen-bond acceptors (Lipinski definition) is 2. The third-order valence-electron chi connectivity index (χ3n) is 3.01. The summed E-state index contributed by atoms with van der Waals surface area (Å²) in [5, 5.41) is 0. The lowest BCUT2D eigenvalue weighted by atomic mass is 9.91. The SMILES string of the molecule is Cc1ccc([C@@H]2CC(=O)O[C@@H]2C(C)I)cc1. The highest BCUT2D eigenvalue weighted by Crippen LogP contribution is 2.36. The van der Waals surface area contributed by atoms with E-state index in [9.17, 15) is 4.79 Å². The van der Waals surface area contributed by atoms with Gasteiger partial charge in [0.2, 0.25) is 0 Å². The Balaban J connectivity index is 2.25. The lowest BCUT2D eigenvalue weighted by Gasteiger charge is -2.20. The maximum atomic E-state index is 11.4. The first-order chi connectivity index (χ1) is 7.58. The molecule has 0 aromatic heterocycles. The van der Waals surface area contributed by atoms with Gasteiger partial charge in [-0.2, -0.15) is 0 Å². The van der Waals surface area contributed by atoms with Gasteiger partial charge in [-0.25, -0.2) is 0 Å². The Hall–Kier alpha value is -0.580. The summed E-state index contributed by atoms with van der Waals surface area (Å²) in [5.74, 6) is 0.152. The lowest BCUT2D eigenvalue weighted by molar-refractivity contribution is -0.141. The fourth-order valence-electron chi connectivity index (χ4n) is 2.11. The number of cyclic esters (lactones) is 1. The average Bonchev–Trinajstić information content (AvgIpc) is 2.61. The van der Waals surface area contributed by atoms with Gasteiger partial charge in [0.25, 0.3) is 0 Å². The molecule has 0 N–H and O–H groups in total. The number of rotatable bonds is 2. The molecule has 0 amide bonds. The van der Waals surface area contributed by atoms with Crippen LogP contribution in [0.2, 0.25) is 0 Å². The van der Waals surface area contributed by atoms with Crippen molar-refractivity contribution in [2.75, 3.05) is 0 Å². The highest BCUT2D eigenvalue weighted by molar-refractivity contribution is 14.1. The van der Waals surface area contributed by atoms with Crippen LogP contribution in [0.3, 0.4) is 0 Å². The second-order valence-corrected chi connectivity index (χ2v) is 6.32. The van der Waals surface area contributed by atoms with Crippen molar-refractivity contribution in [3.8, 4) is 0 Å². The molecule has 2 nitrogen and oxygen atoms in total. The van der Waals surface area contributed by atoms with Crippen molar-refractivity contribution in [2.45, 2.75) is 36.2 Å². The summed E-state index contributed by atoms with van der Waals surface area (Å²) in [4.78, 5) is 11.4. The molecule has 3 heteroatoms. The third kappa shape index (κ3) is 2.39. The Kier molecular flexibility index (Phi) is 3.52. The van der Waals surface area contributed by atoms with Crippen LogP contribution in [0.25, 0.3) is 0 Å². The molecule has 1 aliphatic rings. The standard InChI is InChI=1S/C13H15IO2/c1-8-3-5-10(6-4-8)11-7-12(15)16-13(11)9(2)14/h3-6,9,11,13H,7H2,1-2H3/t9?,11-,13+/m0/s1. The molecule has 1 fully saturated rings. The molecule has 86 valence electrons. The zero-order chi connectivity index (χ0) is 11.7. The fraction of sp³-hybridized carbons (Fsp3) is 0.462. The molecule has 0 spiro atoms. The quantitative estimate of drug-likeness (QED) is 0.473. The van der Waals surface area contributed by atoms with Crippen LogP contribution in [0, 0.1) is 6.92 Å². The van der Waals surface area contributed by atoms with Crippen LogP contribution in [-0.4, -0.2) is 16.0 Å². The number of ether oxygens (including phenoxy) is 1. The maximum Gasteiger partial charge on any atom is 0.306 e. The first-order valence-electron chi connectivity index (χ1n) is 5.48. The van der Waals surface area contributed by atoms with E-state index in [0.717, 1.165) is 0 Å². The van der Waals surface area contributed by atoms with Crippen molar-refractivity contribution in [2.24, 2.45) is 0 Å². The van der Waals surface area contributed by atoms with Crippen molar-refractivity contribution in [3.05, 3.63) is 35.4 Å². The van der Waals surface area contributed by atoms with E-state index in [-0.39, 0.29) is 18.0 Å². The minimum atomic E-state index is -0.0703. The Morgan fingerprint density at radius 3 is 2.56 bits per heavy atom. The second-order valence-electron chi connectivity index (χ2n) is 4.35. The number of benzene rings is 1. The van der Waals surface area contributed by atoms with Crippen LogP contribution in [-0.2, 0) is 9.53 Å². The van der Waals surface area contributed by atoms with Gasteiger partial charge in [-0.15, -0.1) is 0 Å². The predicted molar refractivity (Wildman–Crippen MR) is 71.9 cm³/mol. The van der Waals surface area contributed by atoms with Gasteiger partial charge in [0.05, 0.1) is 6.42 Å². The molecule has 1 saturated heterocycles. The number of halogens is 1. The molecule has 0 saturated carbocycles. The number of aryl methyl sites for hydroxylation is 1. The zero-order valence-corrected chi connectivity index (χ0v) is 11.6. The molecule has 1 aromatic carbocycles. The fourth-order valence-corrected chi connectivity index (χ4v) is 2.76. The van der Waals surface area contributed by atoms with E-state index in [1.165, 1.54) is 11.1 Å². The number of esters is 1. The summed E-state index contributed by atoms with van der Waals surface area (Å²) in [6, 6.07) is 8.39. The van der Waals surface area contributed by atoms with Gasteiger partial charge in [0.1, 0.15) is 6.10 Å². The summed E-state index contributed by atoms with van der Waals surface area (Å²) >= 11 is 2.33. The molecular formula is C13H15IO2. The number of alkyl halides is 1. The molecule has 3 atom stereocenters. The minimum Gasteiger partial charge on any atom is -0.461 e. The van der Waals surface area contributed by atoms with Crippen LogP contribution in [0.5, 0.6) is 0 Å². The maximum absolute atomic E-state index is 11.4. The van der Waals surface area contributed by atoms with Gasteiger partial charge >= 0.3 is 5.97 Å². The van der Waals surface area contributed by atoms with Gasteiger partial charge in [0.15, 0.2) is 0 Å². The number of carbonyl (C=O) groups excluding carboxylic acids is 1. The molecule has 1 aliphatic heterocycles. The first kappa shape index (κ1) is 11.9. The summed E-state index contributed by atoms with van der Waals surface area (Å²) in [7, 11) is 0. The topological polar surface area (TPSA) is 26.3 Å². The van der Waals surface area contributed by atoms with E-state index < -0.39 is 0 Å². The van der Waals surface area contributed by atoms with Crippen molar-refractivity contribution >= 4 is 28.6 Å². The van der Waals surface area contributed by atoms with Gasteiger partial charge in [-0.1, -0.05) is 52.4 Å². The second kappa shape index (κ2) is 4.73. The molecule has 0 aliphatic carbocycles. The smallest absolute Gasteiger partial charge is 0.306 e. The molecule has 0 bridgehead atoms. The Morgan fingerprint density at radius 2 is 2.00 bits per heavy atom. The van der Waals surface area contributed by atoms with Gasteiger partial charge < -0.3 is 4.74 Å². The molecule has 2 rings (SSSR count). The van der Waals surface area contributed by atoms with Crippen LogP contribution in [0.1, 0.15) is 30.4 Å². The summed E-state index contributed by atoms with van der Waals surface area (Å²) < 4.78 is 5.72. The Labute approximate surface area is 110 Å². The monoisotopic (exact) mass is 330 g/mol.